The Morgan fingerprint density at radius 3 is 2.58 bits per heavy atom. The van der Waals surface area contributed by atoms with Gasteiger partial charge in [0.05, 0.1) is 20.3 Å². The molecule has 2 atom stereocenters. The SMILES string of the molecule is COc1cc2c(cc1OC)C(NC(=O)CCC1NC(=O)N(CCc3ccccc3)C1=O)CC2. The number of amides is 4. The maximum Gasteiger partial charge on any atom is 0.324 e. The summed E-state index contributed by atoms with van der Waals surface area (Å²) in [6.07, 6.45) is 2.66. The van der Waals surface area contributed by atoms with E-state index in [0.29, 0.717) is 24.5 Å². The molecule has 8 heteroatoms. The van der Waals surface area contributed by atoms with Crippen molar-refractivity contribution in [2.45, 2.75) is 44.2 Å². The molecule has 2 aliphatic rings. The number of hydrogen-bond acceptors (Lipinski definition) is 5. The number of methoxy groups -OCH3 is 2. The fourth-order valence-electron chi connectivity index (χ4n) is 4.49. The molecule has 4 amide bonds. The summed E-state index contributed by atoms with van der Waals surface area (Å²) >= 11 is 0. The number of fused-ring (bicyclic) bond motifs is 1. The van der Waals surface area contributed by atoms with Gasteiger partial charge in [-0.3, -0.25) is 14.5 Å². The molecule has 0 spiro atoms. The minimum Gasteiger partial charge on any atom is -0.493 e. The lowest BCUT2D eigenvalue weighted by Crippen LogP contribution is -2.34. The van der Waals surface area contributed by atoms with Crippen molar-refractivity contribution in [1.82, 2.24) is 15.5 Å². The predicted molar refractivity (Wildman–Crippen MR) is 122 cm³/mol. The molecule has 1 aliphatic carbocycles. The molecule has 2 unspecified atom stereocenters. The van der Waals surface area contributed by atoms with Crippen LogP contribution in [0.5, 0.6) is 11.5 Å². The van der Waals surface area contributed by atoms with Gasteiger partial charge in [0.25, 0.3) is 5.91 Å². The summed E-state index contributed by atoms with van der Waals surface area (Å²) in [4.78, 5) is 38.8. The van der Waals surface area contributed by atoms with E-state index in [-0.39, 0.29) is 30.7 Å². The molecule has 0 aromatic heterocycles. The number of hydrogen-bond donors (Lipinski definition) is 2. The highest BCUT2D eigenvalue weighted by molar-refractivity contribution is 6.04. The first-order valence-corrected chi connectivity index (χ1v) is 11.2. The fourth-order valence-corrected chi connectivity index (χ4v) is 4.49. The van der Waals surface area contributed by atoms with Gasteiger partial charge in [0.1, 0.15) is 6.04 Å². The van der Waals surface area contributed by atoms with Crippen LogP contribution >= 0.6 is 0 Å². The number of rotatable bonds is 9. The van der Waals surface area contributed by atoms with E-state index in [1.165, 1.54) is 4.90 Å². The molecule has 2 aromatic rings. The lowest BCUT2D eigenvalue weighted by atomic mass is 10.1. The summed E-state index contributed by atoms with van der Waals surface area (Å²) in [5.41, 5.74) is 3.22. The van der Waals surface area contributed by atoms with Crippen LogP contribution in [0, 0.1) is 0 Å². The number of carbonyl (C=O) groups excluding carboxylic acids is 3. The van der Waals surface area contributed by atoms with Crippen molar-refractivity contribution in [3.05, 3.63) is 59.2 Å². The third kappa shape index (κ3) is 4.94. The normalized spacial score (nSPS) is 19.3. The van der Waals surface area contributed by atoms with Crippen LogP contribution in [0.4, 0.5) is 4.79 Å². The standard InChI is InChI=1S/C25H29N3O5/c1-32-21-14-17-8-9-19(18(17)15-22(21)33-2)26-23(29)11-10-20-24(30)28(25(31)27-20)13-12-16-6-4-3-5-7-16/h3-7,14-15,19-20H,8-13H2,1-2H3,(H,26,29)(H,27,31). The molecule has 174 valence electrons. The third-order valence-corrected chi connectivity index (χ3v) is 6.29. The minimum atomic E-state index is -0.667. The number of nitrogens with one attached hydrogen (secondary N) is 2. The molecular formula is C25H29N3O5. The smallest absolute Gasteiger partial charge is 0.324 e. The average Bonchev–Trinajstić information content (AvgIpc) is 3.34. The van der Waals surface area contributed by atoms with Gasteiger partial charge in [-0.2, -0.15) is 0 Å². The molecule has 2 aromatic carbocycles. The quantitative estimate of drug-likeness (QED) is 0.572. The predicted octanol–water partition coefficient (Wildman–Crippen LogP) is 2.75. The van der Waals surface area contributed by atoms with Gasteiger partial charge in [0, 0.05) is 13.0 Å². The first-order valence-electron chi connectivity index (χ1n) is 11.2. The number of ether oxygens (including phenoxy) is 2. The Hall–Kier alpha value is -3.55. The van der Waals surface area contributed by atoms with Gasteiger partial charge in [0.15, 0.2) is 11.5 Å². The number of aryl methyl sites for hydroxylation is 1. The van der Waals surface area contributed by atoms with Gasteiger partial charge in [0.2, 0.25) is 5.91 Å². The van der Waals surface area contributed by atoms with E-state index in [9.17, 15) is 14.4 Å². The Balaban J connectivity index is 1.29. The first-order chi connectivity index (χ1) is 16.0. The molecule has 1 heterocycles. The number of carbonyl (C=O) groups is 3. The van der Waals surface area contributed by atoms with Crippen LogP contribution in [0.3, 0.4) is 0 Å². The summed E-state index contributed by atoms with van der Waals surface area (Å²) in [6, 6.07) is 12.4. The summed E-state index contributed by atoms with van der Waals surface area (Å²) in [5, 5.41) is 5.77. The molecule has 0 radical (unpaired) electrons. The molecule has 4 rings (SSSR count). The van der Waals surface area contributed by atoms with Gasteiger partial charge in [-0.25, -0.2) is 4.79 Å². The first kappa shape index (κ1) is 22.6. The van der Waals surface area contributed by atoms with Gasteiger partial charge in [-0.15, -0.1) is 0 Å². The van der Waals surface area contributed by atoms with Crippen LogP contribution in [-0.4, -0.2) is 49.6 Å². The van der Waals surface area contributed by atoms with E-state index in [0.717, 1.165) is 29.5 Å². The van der Waals surface area contributed by atoms with Crippen molar-refractivity contribution in [3.8, 4) is 11.5 Å². The molecule has 33 heavy (non-hydrogen) atoms. The Labute approximate surface area is 193 Å². The van der Waals surface area contributed by atoms with E-state index in [4.69, 9.17) is 9.47 Å². The lowest BCUT2D eigenvalue weighted by Gasteiger charge is -2.17. The Morgan fingerprint density at radius 1 is 1.12 bits per heavy atom. The number of benzene rings is 2. The van der Waals surface area contributed by atoms with Crippen LogP contribution in [0.2, 0.25) is 0 Å². The Kier molecular flexibility index (Phi) is 6.82. The number of imide groups is 1. The van der Waals surface area contributed by atoms with Crippen LogP contribution in [0.15, 0.2) is 42.5 Å². The average molecular weight is 452 g/mol. The van der Waals surface area contributed by atoms with Crippen molar-refractivity contribution < 1.29 is 23.9 Å². The van der Waals surface area contributed by atoms with E-state index in [1.807, 2.05) is 42.5 Å². The zero-order chi connectivity index (χ0) is 23.4. The van der Waals surface area contributed by atoms with Crippen molar-refractivity contribution in [2.75, 3.05) is 20.8 Å². The molecule has 2 N–H and O–H groups in total. The van der Waals surface area contributed by atoms with E-state index < -0.39 is 12.1 Å². The van der Waals surface area contributed by atoms with Crippen molar-refractivity contribution in [1.29, 1.82) is 0 Å². The second-order valence-electron chi connectivity index (χ2n) is 8.33. The van der Waals surface area contributed by atoms with Crippen LogP contribution < -0.4 is 20.1 Å². The van der Waals surface area contributed by atoms with Gasteiger partial charge < -0.3 is 20.1 Å². The Morgan fingerprint density at radius 2 is 1.85 bits per heavy atom. The number of urea groups is 1. The highest BCUT2D eigenvalue weighted by Crippen LogP contribution is 2.39. The Bertz CT molecular complexity index is 1040. The van der Waals surface area contributed by atoms with Crippen LogP contribution in [0.25, 0.3) is 0 Å². The maximum atomic E-state index is 12.7. The summed E-state index contributed by atoms with van der Waals surface area (Å²) in [6.45, 7) is 0.321. The third-order valence-electron chi connectivity index (χ3n) is 6.29. The van der Waals surface area contributed by atoms with Crippen molar-refractivity contribution in [3.63, 3.8) is 0 Å². The van der Waals surface area contributed by atoms with Gasteiger partial charge in [-0.05, 0) is 54.5 Å². The largest absolute Gasteiger partial charge is 0.493 e. The van der Waals surface area contributed by atoms with Crippen LogP contribution in [0.1, 0.15) is 42.0 Å². The minimum absolute atomic E-state index is 0.108. The fraction of sp³-hybridized carbons (Fsp3) is 0.400. The molecule has 1 aliphatic heterocycles. The molecule has 1 fully saturated rings. The van der Waals surface area contributed by atoms with Gasteiger partial charge >= 0.3 is 6.03 Å². The lowest BCUT2D eigenvalue weighted by molar-refractivity contribution is -0.127. The van der Waals surface area contributed by atoms with E-state index in [2.05, 4.69) is 10.6 Å². The summed E-state index contributed by atoms with van der Waals surface area (Å²) in [5.74, 6) is 0.891. The van der Waals surface area contributed by atoms with E-state index in [1.54, 1.807) is 14.2 Å². The van der Waals surface area contributed by atoms with E-state index >= 15 is 0 Å². The van der Waals surface area contributed by atoms with Crippen molar-refractivity contribution in [2.24, 2.45) is 0 Å². The molecule has 8 nitrogen and oxygen atoms in total. The summed E-state index contributed by atoms with van der Waals surface area (Å²) < 4.78 is 10.8. The zero-order valence-electron chi connectivity index (χ0n) is 18.9. The highest BCUT2D eigenvalue weighted by Gasteiger charge is 2.37. The molecular weight excluding hydrogens is 422 g/mol. The molecule has 1 saturated heterocycles. The second-order valence-corrected chi connectivity index (χ2v) is 8.33. The van der Waals surface area contributed by atoms with Crippen LogP contribution in [-0.2, 0) is 22.4 Å². The molecule has 0 saturated carbocycles. The monoisotopic (exact) mass is 451 g/mol. The maximum absolute atomic E-state index is 12.7. The highest BCUT2D eigenvalue weighted by atomic mass is 16.5. The zero-order valence-corrected chi connectivity index (χ0v) is 18.9. The van der Waals surface area contributed by atoms with Gasteiger partial charge in [-0.1, -0.05) is 30.3 Å². The molecule has 0 bridgehead atoms. The topological polar surface area (TPSA) is 97.0 Å². The summed E-state index contributed by atoms with van der Waals surface area (Å²) in [7, 11) is 3.19. The number of nitrogens with zero attached hydrogens (tertiary/aromatic N) is 1. The van der Waals surface area contributed by atoms with Crippen molar-refractivity contribution >= 4 is 17.8 Å². The second kappa shape index (κ2) is 9.94.